The highest BCUT2D eigenvalue weighted by Crippen LogP contribution is 2.51. The van der Waals surface area contributed by atoms with Crippen molar-refractivity contribution in [3.63, 3.8) is 0 Å². The molecule has 9 rings (SSSR count). The summed E-state index contributed by atoms with van der Waals surface area (Å²) in [5.74, 6) is 1.36. The van der Waals surface area contributed by atoms with Crippen LogP contribution in [-0.2, 0) is 11.8 Å². The van der Waals surface area contributed by atoms with Gasteiger partial charge in [-0.25, -0.2) is 4.99 Å². The van der Waals surface area contributed by atoms with Gasteiger partial charge in [-0.15, -0.1) is 11.3 Å². The first-order valence-electron chi connectivity index (χ1n) is 17.6. The molecular formula is C44H43N3S. The summed E-state index contributed by atoms with van der Waals surface area (Å²) in [7, 11) is 0. The summed E-state index contributed by atoms with van der Waals surface area (Å²) in [6.07, 6.45) is 32.9. The van der Waals surface area contributed by atoms with Crippen molar-refractivity contribution in [3.05, 3.63) is 141 Å². The van der Waals surface area contributed by atoms with E-state index < -0.39 is 0 Å². The van der Waals surface area contributed by atoms with E-state index in [4.69, 9.17) is 4.99 Å². The molecule has 4 heteroatoms. The highest BCUT2D eigenvalue weighted by atomic mass is 32.1. The average Bonchev–Trinajstić information content (AvgIpc) is 3.64. The first-order valence-corrected chi connectivity index (χ1v) is 18.4. The molecule has 2 aromatic carbocycles. The Morgan fingerprint density at radius 2 is 1.77 bits per heavy atom. The Kier molecular flexibility index (Phi) is 6.85. The van der Waals surface area contributed by atoms with Gasteiger partial charge in [-0.3, -0.25) is 0 Å². The third kappa shape index (κ3) is 4.56. The molecule has 0 spiro atoms. The molecule has 0 radical (unpaired) electrons. The highest BCUT2D eigenvalue weighted by molar-refractivity contribution is 7.12. The normalized spacial score (nSPS) is 30.3. The van der Waals surface area contributed by atoms with Crippen molar-refractivity contribution < 1.29 is 0 Å². The number of thiophene rings is 1. The summed E-state index contributed by atoms with van der Waals surface area (Å²) < 4.78 is 2.41. The van der Waals surface area contributed by atoms with Crippen LogP contribution in [0.2, 0.25) is 0 Å². The number of nitrogens with zero attached hydrogens (tertiary/aromatic N) is 2. The molecule has 1 N–H and O–H groups in total. The lowest BCUT2D eigenvalue weighted by atomic mass is 9.63. The quantitative estimate of drug-likeness (QED) is 0.235. The molecule has 3 nitrogen and oxygen atoms in total. The molecule has 0 amide bonds. The smallest absolute Gasteiger partial charge is 0.200 e. The molecule has 6 atom stereocenters. The molecule has 4 aliphatic carbocycles. The Morgan fingerprint density at radius 3 is 2.65 bits per heavy atom. The van der Waals surface area contributed by atoms with Gasteiger partial charge in [0.15, 0.2) is 0 Å². The van der Waals surface area contributed by atoms with E-state index in [9.17, 15) is 0 Å². The lowest BCUT2D eigenvalue weighted by Crippen LogP contribution is -2.36. The molecule has 0 bridgehead atoms. The number of allylic oxidation sites excluding steroid dienone is 11. The minimum Gasteiger partial charge on any atom is -0.346 e. The third-order valence-electron chi connectivity index (χ3n) is 11.8. The minimum atomic E-state index is -0.241. The standard InChI is InChI=1S/C44H43N3S/c1-28-12-10-15-35-34-20-24-44(4,27-40(34)48-41(28)35)36-16-11-14-31(29(36)2)37-21-25-45-42(46-37)47-38-17-7-6-13-32(38)33-19-18-30(26-39(33)47)43(3)22-8-5-9-23-43/h5-11,13-22,24-26,28-29,36,42,46H,12,23,27H2,1-4H3. The molecule has 3 heterocycles. The van der Waals surface area contributed by atoms with Crippen molar-refractivity contribution in [2.45, 2.75) is 64.6 Å². The van der Waals surface area contributed by atoms with Crippen LogP contribution >= 0.6 is 11.3 Å². The van der Waals surface area contributed by atoms with E-state index >= 15 is 0 Å². The first kappa shape index (κ1) is 29.7. The van der Waals surface area contributed by atoms with Crippen molar-refractivity contribution in [1.82, 2.24) is 9.88 Å². The summed E-state index contributed by atoms with van der Waals surface area (Å²) >= 11 is 2.06. The number of para-hydroxylation sites is 1. The fourth-order valence-corrected chi connectivity index (χ4v) is 10.5. The van der Waals surface area contributed by atoms with Crippen LogP contribution in [0.4, 0.5) is 0 Å². The van der Waals surface area contributed by atoms with Gasteiger partial charge in [-0.05, 0) is 82.9 Å². The second-order valence-electron chi connectivity index (χ2n) is 15.0. The summed E-state index contributed by atoms with van der Waals surface area (Å²) in [5, 5.41) is 6.45. The second-order valence-corrected chi connectivity index (χ2v) is 16.2. The monoisotopic (exact) mass is 645 g/mol. The van der Waals surface area contributed by atoms with Crippen LogP contribution in [0.1, 0.15) is 79.2 Å². The Bertz CT molecular complexity index is 2230. The number of aromatic nitrogens is 1. The fourth-order valence-electron chi connectivity index (χ4n) is 8.99. The molecule has 0 saturated heterocycles. The number of aliphatic imine (C=N–C) groups is 1. The second kappa shape index (κ2) is 11.1. The van der Waals surface area contributed by atoms with Gasteiger partial charge >= 0.3 is 0 Å². The zero-order valence-electron chi connectivity index (χ0n) is 28.3. The van der Waals surface area contributed by atoms with Crippen LogP contribution in [0, 0.1) is 17.3 Å². The Morgan fingerprint density at radius 1 is 0.896 bits per heavy atom. The number of rotatable bonds is 4. The maximum atomic E-state index is 5.05. The molecule has 5 aliphatic rings. The van der Waals surface area contributed by atoms with Gasteiger partial charge < -0.3 is 9.88 Å². The SMILES string of the molecule is CC1CC=Cc2c1sc1c2C=CC(C)(C2C=CC=C(C3=CC=NC(n4c5ccccc5c5ccc(C6(C)C=CC=CC6)cc54)N3)C2C)C1. The van der Waals surface area contributed by atoms with E-state index in [1.807, 2.05) is 6.21 Å². The lowest BCUT2D eigenvalue weighted by molar-refractivity contribution is 0.248. The molecular weight excluding hydrogens is 603 g/mol. The van der Waals surface area contributed by atoms with Gasteiger partial charge in [0.1, 0.15) is 0 Å². The topological polar surface area (TPSA) is 29.3 Å². The van der Waals surface area contributed by atoms with E-state index in [1.54, 1.807) is 9.75 Å². The van der Waals surface area contributed by atoms with Crippen LogP contribution in [0.15, 0.2) is 119 Å². The van der Waals surface area contributed by atoms with E-state index in [0.29, 0.717) is 17.8 Å². The average molecular weight is 646 g/mol. The molecule has 1 aliphatic heterocycles. The Balaban J connectivity index is 1.03. The number of nitrogens with one attached hydrogen (secondary N) is 1. The van der Waals surface area contributed by atoms with Gasteiger partial charge in [0.05, 0.1) is 11.0 Å². The summed E-state index contributed by atoms with van der Waals surface area (Å²) in [5.41, 5.74) is 9.24. The van der Waals surface area contributed by atoms with Crippen LogP contribution < -0.4 is 5.32 Å². The summed E-state index contributed by atoms with van der Waals surface area (Å²) in [6, 6.07) is 15.8. The third-order valence-corrected chi connectivity index (χ3v) is 13.3. The van der Waals surface area contributed by atoms with Crippen LogP contribution in [0.3, 0.4) is 0 Å². The van der Waals surface area contributed by atoms with Gasteiger partial charge in [0.2, 0.25) is 6.29 Å². The molecule has 48 heavy (non-hydrogen) atoms. The van der Waals surface area contributed by atoms with Gasteiger partial charge in [-0.1, -0.05) is 125 Å². The van der Waals surface area contributed by atoms with Gasteiger partial charge in [0.25, 0.3) is 0 Å². The maximum absolute atomic E-state index is 5.05. The van der Waals surface area contributed by atoms with Crippen LogP contribution in [-0.4, -0.2) is 10.8 Å². The van der Waals surface area contributed by atoms with Crippen molar-refractivity contribution >= 4 is 51.5 Å². The number of hydrogen-bond acceptors (Lipinski definition) is 3. The van der Waals surface area contributed by atoms with E-state index in [2.05, 4.69) is 164 Å². The Hall–Kier alpha value is -4.41. The zero-order valence-corrected chi connectivity index (χ0v) is 29.1. The van der Waals surface area contributed by atoms with Crippen molar-refractivity contribution in [2.75, 3.05) is 0 Å². The molecule has 0 fully saturated rings. The molecule has 2 aromatic heterocycles. The summed E-state index contributed by atoms with van der Waals surface area (Å²) in [4.78, 5) is 8.18. The zero-order chi connectivity index (χ0) is 32.6. The predicted molar refractivity (Wildman–Crippen MR) is 206 cm³/mol. The fraction of sp³-hybridized carbons (Fsp3) is 0.295. The molecule has 0 saturated carbocycles. The van der Waals surface area contributed by atoms with Crippen molar-refractivity contribution in [3.8, 4) is 0 Å². The van der Waals surface area contributed by atoms with E-state index in [-0.39, 0.29) is 17.1 Å². The molecule has 6 unspecified atom stereocenters. The van der Waals surface area contributed by atoms with Crippen molar-refractivity contribution in [2.24, 2.45) is 22.2 Å². The van der Waals surface area contributed by atoms with Gasteiger partial charge in [-0.2, -0.15) is 0 Å². The van der Waals surface area contributed by atoms with E-state index in [0.717, 1.165) is 19.3 Å². The highest BCUT2D eigenvalue weighted by Gasteiger charge is 2.41. The van der Waals surface area contributed by atoms with E-state index in [1.165, 1.54) is 49.8 Å². The first-order chi connectivity index (χ1) is 23.3. The van der Waals surface area contributed by atoms with Crippen molar-refractivity contribution in [1.29, 1.82) is 0 Å². The molecule has 240 valence electrons. The summed E-state index contributed by atoms with van der Waals surface area (Å²) in [6.45, 7) is 9.61. The number of benzene rings is 2. The lowest BCUT2D eigenvalue weighted by Gasteiger charge is -2.42. The number of hydrogen-bond donors (Lipinski definition) is 1. The Labute approximate surface area is 288 Å². The molecule has 4 aromatic rings. The van der Waals surface area contributed by atoms with Crippen LogP contribution in [0.5, 0.6) is 0 Å². The largest absolute Gasteiger partial charge is 0.346 e. The maximum Gasteiger partial charge on any atom is 0.200 e. The number of fused-ring (bicyclic) bond motifs is 6. The predicted octanol–water partition coefficient (Wildman–Crippen LogP) is 11.2. The van der Waals surface area contributed by atoms with Gasteiger partial charge in [0, 0.05) is 37.9 Å². The van der Waals surface area contributed by atoms with Crippen LogP contribution in [0.25, 0.3) is 34.0 Å². The minimum absolute atomic E-state index is 0.0237.